The minimum Gasteiger partial charge on any atom is -0.342 e. The molecule has 0 unspecified atom stereocenters. The molecule has 1 saturated heterocycles. The van der Waals surface area contributed by atoms with E-state index in [4.69, 9.17) is 4.98 Å². The number of pyridine rings is 1. The van der Waals surface area contributed by atoms with E-state index < -0.39 is 0 Å². The van der Waals surface area contributed by atoms with Crippen molar-refractivity contribution in [2.45, 2.75) is 18.8 Å². The molecular weight excluding hydrogens is 319 g/mol. The van der Waals surface area contributed by atoms with Crippen LogP contribution in [0.3, 0.4) is 0 Å². The highest BCUT2D eigenvalue weighted by Crippen LogP contribution is 2.29. The lowest BCUT2D eigenvalue weighted by Gasteiger charge is -2.17. The summed E-state index contributed by atoms with van der Waals surface area (Å²) in [7, 11) is 1.98. The van der Waals surface area contributed by atoms with Crippen LogP contribution in [-0.2, 0) is 18.3 Å². The standard InChI is InChI=1S/C19H19FN4O/c1-23-17-11-21-8-6-16(17)22-19(23)14-7-9-24(12-14)18(25)10-13-4-2-3-5-15(13)20/h2-6,8,11,14H,7,9-10,12H2,1H3/t14-/m1/s1. The Balaban J connectivity index is 1.50. The van der Waals surface area contributed by atoms with Crippen molar-refractivity contribution in [2.75, 3.05) is 13.1 Å². The number of amides is 1. The number of nitrogens with zero attached hydrogens (tertiary/aromatic N) is 4. The Morgan fingerprint density at radius 2 is 2.16 bits per heavy atom. The van der Waals surface area contributed by atoms with E-state index >= 15 is 0 Å². The maximum absolute atomic E-state index is 13.8. The number of aromatic nitrogens is 3. The predicted octanol–water partition coefficient (Wildman–Crippen LogP) is 2.67. The van der Waals surface area contributed by atoms with Crippen LogP contribution < -0.4 is 0 Å². The van der Waals surface area contributed by atoms with Crippen molar-refractivity contribution in [3.63, 3.8) is 0 Å². The average molecular weight is 338 g/mol. The normalized spacial score (nSPS) is 17.4. The van der Waals surface area contributed by atoms with Crippen LogP contribution in [0.5, 0.6) is 0 Å². The van der Waals surface area contributed by atoms with Crippen LogP contribution in [0.15, 0.2) is 42.7 Å². The Hall–Kier alpha value is -2.76. The maximum atomic E-state index is 13.8. The van der Waals surface area contributed by atoms with Crippen LogP contribution >= 0.6 is 0 Å². The fraction of sp³-hybridized carbons (Fsp3) is 0.316. The van der Waals surface area contributed by atoms with Crippen molar-refractivity contribution in [2.24, 2.45) is 7.05 Å². The van der Waals surface area contributed by atoms with Gasteiger partial charge in [0.05, 0.1) is 23.7 Å². The van der Waals surface area contributed by atoms with Gasteiger partial charge in [-0.05, 0) is 24.1 Å². The van der Waals surface area contributed by atoms with Gasteiger partial charge in [0.25, 0.3) is 0 Å². The lowest BCUT2D eigenvalue weighted by molar-refractivity contribution is -0.129. The zero-order valence-electron chi connectivity index (χ0n) is 14.0. The van der Waals surface area contributed by atoms with E-state index in [1.807, 2.05) is 24.2 Å². The maximum Gasteiger partial charge on any atom is 0.227 e. The summed E-state index contributed by atoms with van der Waals surface area (Å²) >= 11 is 0. The van der Waals surface area contributed by atoms with Crippen molar-refractivity contribution in [1.82, 2.24) is 19.4 Å². The van der Waals surface area contributed by atoms with Gasteiger partial charge in [-0.2, -0.15) is 0 Å². The number of fused-ring (bicyclic) bond motifs is 1. The Morgan fingerprint density at radius 1 is 1.32 bits per heavy atom. The first-order chi connectivity index (χ1) is 12.1. The summed E-state index contributed by atoms with van der Waals surface area (Å²) < 4.78 is 15.8. The minimum absolute atomic E-state index is 0.0342. The molecule has 0 bridgehead atoms. The summed E-state index contributed by atoms with van der Waals surface area (Å²) in [5, 5.41) is 0. The van der Waals surface area contributed by atoms with Crippen LogP contribution in [0.2, 0.25) is 0 Å². The number of carbonyl (C=O) groups is 1. The van der Waals surface area contributed by atoms with E-state index in [0.29, 0.717) is 18.7 Å². The second-order valence-corrected chi connectivity index (χ2v) is 6.49. The van der Waals surface area contributed by atoms with Crippen molar-refractivity contribution in [3.8, 4) is 0 Å². The number of likely N-dealkylation sites (tertiary alicyclic amines) is 1. The molecule has 0 radical (unpaired) electrons. The monoisotopic (exact) mass is 338 g/mol. The van der Waals surface area contributed by atoms with E-state index in [1.54, 1.807) is 24.4 Å². The van der Waals surface area contributed by atoms with Crippen LogP contribution in [0, 0.1) is 5.82 Å². The number of aryl methyl sites for hydroxylation is 1. The number of carbonyl (C=O) groups excluding carboxylic acids is 1. The van der Waals surface area contributed by atoms with Gasteiger partial charge in [-0.25, -0.2) is 9.37 Å². The Bertz CT molecular complexity index is 936. The van der Waals surface area contributed by atoms with Crippen LogP contribution in [-0.4, -0.2) is 38.4 Å². The fourth-order valence-corrected chi connectivity index (χ4v) is 3.53. The molecule has 0 aliphatic carbocycles. The van der Waals surface area contributed by atoms with Gasteiger partial charge in [-0.1, -0.05) is 18.2 Å². The van der Waals surface area contributed by atoms with E-state index in [0.717, 1.165) is 23.3 Å². The quantitative estimate of drug-likeness (QED) is 0.738. The zero-order chi connectivity index (χ0) is 17.4. The topological polar surface area (TPSA) is 51.0 Å². The first-order valence-corrected chi connectivity index (χ1v) is 8.41. The van der Waals surface area contributed by atoms with Gasteiger partial charge in [0, 0.05) is 32.3 Å². The molecule has 0 spiro atoms. The number of rotatable bonds is 3. The van der Waals surface area contributed by atoms with Gasteiger partial charge in [-0.3, -0.25) is 9.78 Å². The van der Waals surface area contributed by atoms with Crippen molar-refractivity contribution >= 4 is 16.9 Å². The largest absolute Gasteiger partial charge is 0.342 e. The number of benzene rings is 1. The van der Waals surface area contributed by atoms with E-state index in [1.165, 1.54) is 6.07 Å². The molecule has 4 rings (SSSR count). The highest BCUT2D eigenvalue weighted by atomic mass is 19.1. The van der Waals surface area contributed by atoms with Gasteiger partial charge >= 0.3 is 0 Å². The van der Waals surface area contributed by atoms with Gasteiger partial charge in [0.15, 0.2) is 0 Å². The van der Waals surface area contributed by atoms with E-state index in [9.17, 15) is 9.18 Å². The SMILES string of the molecule is Cn1c([C@@H]2CCN(C(=O)Cc3ccccc3F)C2)nc2ccncc21. The number of halogens is 1. The molecule has 2 aromatic heterocycles. The molecule has 0 N–H and O–H groups in total. The summed E-state index contributed by atoms with van der Waals surface area (Å²) in [6.45, 7) is 1.30. The fourth-order valence-electron chi connectivity index (χ4n) is 3.53. The molecule has 128 valence electrons. The number of hydrogen-bond acceptors (Lipinski definition) is 3. The molecule has 1 aliphatic heterocycles. The molecule has 1 amide bonds. The zero-order valence-corrected chi connectivity index (χ0v) is 14.0. The van der Waals surface area contributed by atoms with Gasteiger partial charge < -0.3 is 9.47 Å². The molecule has 1 fully saturated rings. The van der Waals surface area contributed by atoms with Crippen molar-refractivity contribution in [3.05, 3.63) is 59.9 Å². The van der Waals surface area contributed by atoms with Gasteiger partial charge in [-0.15, -0.1) is 0 Å². The Morgan fingerprint density at radius 3 is 2.96 bits per heavy atom. The first-order valence-electron chi connectivity index (χ1n) is 8.41. The Kier molecular flexibility index (Phi) is 3.95. The number of imidazole rings is 1. The van der Waals surface area contributed by atoms with Crippen LogP contribution in [0.4, 0.5) is 4.39 Å². The third kappa shape index (κ3) is 2.88. The number of hydrogen-bond donors (Lipinski definition) is 0. The van der Waals surface area contributed by atoms with Crippen molar-refractivity contribution in [1.29, 1.82) is 0 Å². The minimum atomic E-state index is -0.325. The summed E-state index contributed by atoms with van der Waals surface area (Å²) in [5.74, 6) is 0.814. The third-order valence-electron chi connectivity index (χ3n) is 4.92. The average Bonchev–Trinajstić information content (AvgIpc) is 3.22. The lowest BCUT2D eigenvalue weighted by atomic mass is 10.1. The molecular formula is C19H19FN4O. The summed E-state index contributed by atoms with van der Waals surface area (Å²) in [5.41, 5.74) is 2.36. The van der Waals surface area contributed by atoms with Gasteiger partial charge in [0.1, 0.15) is 11.6 Å². The van der Waals surface area contributed by atoms with Crippen LogP contribution in [0.1, 0.15) is 23.7 Å². The second kappa shape index (κ2) is 6.27. The smallest absolute Gasteiger partial charge is 0.227 e. The molecule has 3 aromatic rings. The van der Waals surface area contributed by atoms with Crippen molar-refractivity contribution < 1.29 is 9.18 Å². The van der Waals surface area contributed by atoms with E-state index in [-0.39, 0.29) is 24.1 Å². The summed E-state index contributed by atoms with van der Waals surface area (Å²) in [6, 6.07) is 8.35. The Labute approximate surface area is 145 Å². The first kappa shape index (κ1) is 15.7. The summed E-state index contributed by atoms with van der Waals surface area (Å²) in [6.07, 6.45) is 4.51. The van der Waals surface area contributed by atoms with Crippen LogP contribution in [0.25, 0.3) is 11.0 Å². The molecule has 1 aliphatic rings. The molecule has 6 heteroatoms. The second-order valence-electron chi connectivity index (χ2n) is 6.49. The predicted molar refractivity (Wildman–Crippen MR) is 92.6 cm³/mol. The van der Waals surface area contributed by atoms with Gasteiger partial charge in [0.2, 0.25) is 5.91 Å². The molecule has 25 heavy (non-hydrogen) atoms. The van der Waals surface area contributed by atoms with E-state index in [2.05, 4.69) is 9.55 Å². The highest BCUT2D eigenvalue weighted by Gasteiger charge is 2.30. The molecule has 1 aromatic carbocycles. The third-order valence-corrected chi connectivity index (χ3v) is 4.92. The molecule has 5 nitrogen and oxygen atoms in total. The molecule has 3 heterocycles. The molecule has 0 saturated carbocycles. The highest BCUT2D eigenvalue weighted by molar-refractivity contribution is 5.79. The molecule has 1 atom stereocenters. The summed E-state index contributed by atoms with van der Waals surface area (Å²) in [4.78, 5) is 23.2. The lowest BCUT2D eigenvalue weighted by Crippen LogP contribution is -2.30.